The summed E-state index contributed by atoms with van der Waals surface area (Å²) in [6, 6.07) is 0. The van der Waals surface area contributed by atoms with Crippen LogP contribution in [0.2, 0.25) is 0 Å². The Morgan fingerprint density at radius 1 is 1.67 bits per heavy atom. The Hall–Kier alpha value is -1.40. The molecule has 84 valence electrons. The van der Waals surface area contributed by atoms with E-state index in [9.17, 15) is 9.59 Å². The van der Waals surface area contributed by atoms with Crippen LogP contribution in [0.4, 0.5) is 0 Å². The van der Waals surface area contributed by atoms with Crippen LogP contribution in [0.1, 0.15) is 0 Å². The normalized spacial score (nSPS) is 23.0. The number of likely N-dealkylation sites (N-methyl/N-ethyl adjacent to an activating group) is 1. The first-order valence-corrected chi connectivity index (χ1v) is 4.39. The van der Waals surface area contributed by atoms with Gasteiger partial charge in [-0.3, -0.25) is 19.9 Å². The van der Waals surface area contributed by atoms with Crippen molar-refractivity contribution in [2.24, 2.45) is 0 Å². The van der Waals surface area contributed by atoms with E-state index in [0.29, 0.717) is 6.29 Å². The first kappa shape index (κ1) is 11.7. The molecule has 0 radical (unpaired) electrons. The molecule has 6 heteroatoms. The van der Waals surface area contributed by atoms with Crippen LogP contribution in [0.3, 0.4) is 0 Å². The van der Waals surface area contributed by atoms with Crippen molar-refractivity contribution in [1.82, 2.24) is 10.4 Å². The van der Waals surface area contributed by atoms with Crippen LogP contribution < -0.4 is 5.48 Å². The van der Waals surface area contributed by atoms with E-state index in [1.807, 2.05) is 0 Å². The highest BCUT2D eigenvalue weighted by Gasteiger charge is 2.48. The molecule has 0 saturated carbocycles. The lowest BCUT2D eigenvalue weighted by Gasteiger charge is -2.31. The van der Waals surface area contributed by atoms with Crippen molar-refractivity contribution in [2.45, 2.75) is 11.7 Å². The maximum Gasteiger partial charge on any atom is 0.265 e. The van der Waals surface area contributed by atoms with Gasteiger partial charge in [-0.25, -0.2) is 0 Å². The van der Waals surface area contributed by atoms with Crippen molar-refractivity contribution in [3.05, 3.63) is 12.3 Å². The number of carbonyl (C=O) groups is 2. The van der Waals surface area contributed by atoms with E-state index in [1.54, 1.807) is 20.2 Å². The predicted molar refractivity (Wildman–Crippen MR) is 51.6 cm³/mol. The Morgan fingerprint density at radius 2 is 2.33 bits per heavy atom. The monoisotopic (exact) mass is 214 g/mol. The Morgan fingerprint density at radius 3 is 2.67 bits per heavy atom. The van der Waals surface area contributed by atoms with Gasteiger partial charge in [0.1, 0.15) is 0 Å². The van der Waals surface area contributed by atoms with Crippen molar-refractivity contribution in [1.29, 1.82) is 0 Å². The molecule has 1 N–H and O–H groups in total. The molecule has 0 aliphatic carbocycles. The molecule has 2 unspecified atom stereocenters. The lowest BCUT2D eigenvalue weighted by atomic mass is 9.96. The molecule has 0 fully saturated rings. The fraction of sp³-hybridized carbons (Fsp3) is 0.556. The average molecular weight is 214 g/mol. The second kappa shape index (κ2) is 4.41. The molecule has 1 aliphatic heterocycles. The molecular weight excluding hydrogens is 200 g/mol. The molecule has 1 amide bonds. The van der Waals surface area contributed by atoms with E-state index >= 15 is 0 Å². The third-order valence-corrected chi connectivity index (χ3v) is 2.21. The summed E-state index contributed by atoms with van der Waals surface area (Å²) in [6.07, 6.45) is 2.76. The van der Waals surface area contributed by atoms with Crippen molar-refractivity contribution >= 4 is 12.2 Å². The van der Waals surface area contributed by atoms with E-state index < -0.39 is 17.6 Å². The minimum Gasteiger partial charge on any atom is -0.359 e. The average Bonchev–Trinajstić information content (AvgIpc) is 2.74. The molecular formula is C9H14N2O4. The SMILES string of the molecule is COC(C=O)(C(=O)N(C)C)C1C=CNO1. The van der Waals surface area contributed by atoms with Crippen LogP contribution in [0.5, 0.6) is 0 Å². The predicted octanol–water partition coefficient (Wildman–Crippen LogP) is -0.924. The number of hydrogen-bond donors (Lipinski definition) is 1. The molecule has 0 aromatic heterocycles. The van der Waals surface area contributed by atoms with Gasteiger partial charge in [-0.2, -0.15) is 0 Å². The molecule has 0 saturated heterocycles. The zero-order valence-electron chi connectivity index (χ0n) is 8.89. The Labute approximate surface area is 87.8 Å². The second-order valence-corrected chi connectivity index (χ2v) is 3.33. The van der Waals surface area contributed by atoms with E-state index in [2.05, 4.69) is 5.48 Å². The van der Waals surface area contributed by atoms with Gasteiger partial charge in [0, 0.05) is 27.4 Å². The lowest BCUT2D eigenvalue weighted by Crippen LogP contribution is -2.57. The first-order chi connectivity index (χ1) is 7.08. The maximum atomic E-state index is 11.8. The molecule has 0 bridgehead atoms. The fourth-order valence-electron chi connectivity index (χ4n) is 1.35. The van der Waals surface area contributed by atoms with Crippen LogP contribution >= 0.6 is 0 Å². The maximum absolute atomic E-state index is 11.8. The largest absolute Gasteiger partial charge is 0.359 e. The summed E-state index contributed by atoms with van der Waals surface area (Å²) in [5.41, 5.74) is 0.828. The molecule has 0 aromatic rings. The molecule has 15 heavy (non-hydrogen) atoms. The van der Waals surface area contributed by atoms with Gasteiger partial charge in [0.15, 0.2) is 12.4 Å². The quantitative estimate of drug-likeness (QED) is 0.484. The van der Waals surface area contributed by atoms with Crippen LogP contribution in [0.25, 0.3) is 0 Å². The highest BCUT2D eigenvalue weighted by Crippen LogP contribution is 2.21. The van der Waals surface area contributed by atoms with Crippen LogP contribution in [-0.2, 0) is 19.2 Å². The summed E-state index contributed by atoms with van der Waals surface area (Å²) in [7, 11) is 4.39. The number of nitrogens with zero attached hydrogens (tertiary/aromatic N) is 1. The Kier molecular flexibility index (Phi) is 3.43. The van der Waals surface area contributed by atoms with Crippen LogP contribution in [0.15, 0.2) is 12.3 Å². The number of ether oxygens (including phenoxy) is 1. The summed E-state index contributed by atoms with van der Waals surface area (Å²) in [5, 5.41) is 0. The number of carbonyl (C=O) groups excluding carboxylic acids is 2. The van der Waals surface area contributed by atoms with Gasteiger partial charge in [-0.05, 0) is 6.08 Å². The minimum atomic E-state index is -1.62. The van der Waals surface area contributed by atoms with Gasteiger partial charge in [0.05, 0.1) is 0 Å². The summed E-state index contributed by atoms with van der Waals surface area (Å²) in [5.74, 6) is -0.460. The van der Waals surface area contributed by atoms with E-state index in [4.69, 9.17) is 9.57 Å². The van der Waals surface area contributed by atoms with E-state index in [1.165, 1.54) is 18.2 Å². The van der Waals surface area contributed by atoms with Gasteiger partial charge in [0.2, 0.25) is 5.60 Å². The smallest absolute Gasteiger partial charge is 0.265 e. The molecule has 1 heterocycles. The van der Waals surface area contributed by atoms with Crippen LogP contribution in [-0.4, -0.2) is 50.0 Å². The van der Waals surface area contributed by atoms with Gasteiger partial charge in [0.25, 0.3) is 5.91 Å². The highest BCUT2D eigenvalue weighted by molar-refractivity contribution is 6.01. The number of amides is 1. The summed E-state index contributed by atoms with van der Waals surface area (Å²) >= 11 is 0. The summed E-state index contributed by atoms with van der Waals surface area (Å²) in [6.45, 7) is 0. The first-order valence-electron chi connectivity index (χ1n) is 4.39. The summed E-state index contributed by atoms with van der Waals surface area (Å²) < 4.78 is 5.02. The number of hydroxylamine groups is 1. The van der Waals surface area contributed by atoms with Crippen LogP contribution in [0, 0.1) is 0 Å². The topological polar surface area (TPSA) is 67.9 Å². The molecule has 0 aromatic carbocycles. The number of nitrogens with one attached hydrogen (secondary N) is 1. The number of rotatable bonds is 4. The lowest BCUT2D eigenvalue weighted by molar-refractivity contribution is -0.171. The molecule has 1 rings (SSSR count). The van der Waals surface area contributed by atoms with Crippen molar-refractivity contribution in [3.63, 3.8) is 0 Å². The van der Waals surface area contributed by atoms with E-state index in [-0.39, 0.29) is 0 Å². The fourth-order valence-corrected chi connectivity index (χ4v) is 1.35. The Balaban J connectivity index is 3.00. The summed E-state index contributed by atoms with van der Waals surface area (Å²) in [4.78, 5) is 29.2. The van der Waals surface area contributed by atoms with Crippen molar-refractivity contribution in [3.8, 4) is 0 Å². The standard InChI is InChI=1S/C9H14N2O4/c1-11(2)8(13)9(6-12,14-3)7-4-5-10-15-7/h4-7,10H,1-3H3. The molecule has 6 nitrogen and oxygen atoms in total. The molecule has 2 atom stereocenters. The molecule has 0 spiro atoms. The zero-order valence-corrected chi connectivity index (χ0v) is 8.89. The second-order valence-electron chi connectivity index (χ2n) is 3.33. The van der Waals surface area contributed by atoms with Gasteiger partial charge in [-0.15, -0.1) is 0 Å². The van der Waals surface area contributed by atoms with Gasteiger partial charge < -0.3 is 9.64 Å². The zero-order chi connectivity index (χ0) is 11.5. The van der Waals surface area contributed by atoms with E-state index in [0.717, 1.165) is 0 Å². The molecule has 1 aliphatic rings. The number of aldehydes is 1. The number of methoxy groups -OCH3 is 1. The van der Waals surface area contributed by atoms with Crippen molar-refractivity contribution in [2.75, 3.05) is 21.2 Å². The third kappa shape index (κ3) is 1.86. The van der Waals surface area contributed by atoms with Gasteiger partial charge in [-0.1, -0.05) is 0 Å². The minimum absolute atomic E-state index is 0.456. The van der Waals surface area contributed by atoms with Crippen molar-refractivity contribution < 1.29 is 19.2 Å². The van der Waals surface area contributed by atoms with Gasteiger partial charge >= 0.3 is 0 Å². The highest BCUT2D eigenvalue weighted by atomic mass is 16.7. The number of hydrogen-bond acceptors (Lipinski definition) is 5. The third-order valence-electron chi connectivity index (χ3n) is 2.21. The Bertz CT molecular complexity index is 290.